The van der Waals surface area contributed by atoms with Crippen LogP contribution in [0, 0.1) is 0 Å². The molecular formula is C18H20N4O3. The largest absolute Gasteiger partial charge is 0.389 e. The summed E-state index contributed by atoms with van der Waals surface area (Å²) in [4.78, 5) is 34.2. The van der Waals surface area contributed by atoms with Crippen LogP contribution < -0.4 is 5.32 Å². The van der Waals surface area contributed by atoms with Crippen LogP contribution in [0.2, 0.25) is 0 Å². The Hall–Kier alpha value is -2.80. The summed E-state index contributed by atoms with van der Waals surface area (Å²) in [6.07, 6.45) is 4.66. The molecule has 25 heavy (non-hydrogen) atoms. The summed E-state index contributed by atoms with van der Waals surface area (Å²) < 4.78 is 0. The van der Waals surface area contributed by atoms with Gasteiger partial charge in [-0.25, -0.2) is 0 Å². The highest BCUT2D eigenvalue weighted by molar-refractivity contribution is 5.94. The van der Waals surface area contributed by atoms with Crippen molar-refractivity contribution < 1.29 is 14.7 Å². The van der Waals surface area contributed by atoms with E-state index in [1.165, 1.54) is 0 Å². The van der Waals surface area contributed by atoms with Crippen LogP contribution in [-0.4, -0.2) is 57.0 Å². The number of amides is 2. The lowest BCUT2D eigenvalue weighted by Gasteiger charge is -2.36. The molecule has 2 aromatic heterocycles. The van der Waals surface area contributed by atoms with Crippen molar-refractivity contribution in [2.45, 2.75) is 25.0 Å². The molecule has 2 N–H and O–H groups in total. The number of hydrogen-bond acceptors (Lipinski definition) is 5. The van der Waals surface area contributed by atoms with E-state index in [2.05, 4.69) is 15.3 Å². The summed E-state index contributed by atoms with van der Waals surface area (Å²) >= 11 is 0. The fourth-order valence-electron chi connectivity index (χ4n) is 2.85. The van der Waals surface area contributed by atoms with Gasteiger partial charge in [-0.1, -0.05) is 6.07 Å². The average Bonchev–Trinajstić information content (AvgIpc) is 2.65. The van der Waals surface area contributed by atoms with Crippen LogP contribution in [0.1, 0.15) is 22.5 Å². The molecule has 7 heteroatoms. The van der Waals surface area contributed by atoms with Crippen LogP contribution in [0.3, 0.4) is 0 Å². The molecule has 0 aromatic carbocycles. The van der Waals surface area contributed by atoms with Crippen molar-refractivity contribution in [3.05, 3.63) is 60.2 Å². The predicted octanol–water partition coefficient (Wildman–Crippen LogP) is 0.411. The van der Waals surface area contributed by atoms with Gasteiger partial charge in [0.15, 0.2) is 0 Å². The summed E-state index contributed by atoms with van der Waals surface area (Å²) in [5.41, 5.74) is 1.20. The number of aliphatic hydroxyl groups excluding tert-OH is 1. The molecule has 0 unspecified atom stereocenters. The van der Waals surface area contributed by atoms with Gasteiger partial charge in [0.2, 0.25) is 5.91 Å². The molecule has 0 aliphatic carbocycles. The standard InChI is InChI=1S/C18H20N4O3/c23-16-12-22(17(24)11-14-3-1-2-7-20-14)10-6-15(16)21-18(25)13-4-8-19-9-5-13/h1-5,7-9,15-16,23H,6,10-12H2,(H,21,25)/t15-,16-/m1/s1. The second-order valence-corrected chi connectivity index (χ2v) is 6.01. The molecule has 0 bridgehead atoms. The van der Waals surface area contributed by atoms with Gasteiger partial charge in [-0.15, -0.1) is 0 Å². The summed E-state index contributed by atoms with van der Waals surface area (Å²) in [7, 11) is 0. The molecule has 2 amide bonds. The maximum atomic E-state index is 12.3. The van der Waals surface area contributed by atoms with E-state index in [1.54, 1.807) is 47.8 Å². The van der Waals surface area contributed by atoms with Crippen LogP contribution >= 0.6 is 0 Å². The zero-order chi connectivity index (χ0) is 17.6. The molecule has 2 atom stereocenters. The van der Waals surface area contributed by atoms with Gasteiger partial charge >= 0.3 is 0 Å². The third kappa shape index (κ3) is 4.39. The van der Waals surface area contributed by atoms with Crippen LogP contribution in [0.15, 0.2) is 48.9 Å². The van der Waals surface area contributed by atoms with E-state index in [1.807, 2.05) is 6.07 Å². The van der Waals surface area contributed by atoms with Gasteiger partial charge < -0.3 is 15.3 Å². The summed E-state index contributed by atoms with van der Waals surface area (Å²) in [6, 6.07) is 8.30. The third-order valence-corrected chi connectivity index (χ3v) is 4.25. The topological polar surface area (TPSA) is 95.4 Å². The minimum absolute atomic E-state index is 0.0725. The summed E-state index contributed by atoms with van der Waals surface area (Å²) in [6.45, 7) is 0.691. The van der Waals surface area contributed by atoms with Crippen molar-refractivity contribution in [3.63, 3.8) is 0 Å². The van der Waals surface area contributed by atoms with E-state index in [4.69, 9.17) is 0 Å². The first-order valence-corrected chi connectivity index (χ1v) is 8.20. The zero-order valence-electron chi connectivity index (χ0n) is 13.7. The SMILES string of the molecule is O=C(N[C@@H]1CCN(C(=O)Cc2ccccn2)C[C@H]1O)c1ccncc1. The number of hydrogen-bond donors (Lipinski definition) is 2. The first-order chi connectivity index (χ1) is 12.1. The Bertz CT molecular complexity index is 724. The predicted molar refractivity (Wildman–Crippen MR) is 90.6 cm³/mol. The van der Waals surface area contributed by atoms with E-state index < -0.39 is 6.10 Å². The lowest BCUT2D eigenvalue weighted by atomic mass is 10.0. The second kappa shape index (κ2) is 7.85. The Morgan fingerprint density at radius 1 is 1.20 bits per heavy atom. The van der Waals surface area contributed by atoms with Crippen LogP contribution in [-0.2, 0) is 11.2 Å². The Labute approximate surface area is 145 Å². The highest BCUT2D eigenvalue weighted by Crippen LogP contribution is 2.13. The lowest BCUT2D eigenvalue weighted by molar-refractivity contribution is -0.134. The molecule has 3 heterocycles. The smallest absolute Gasteiger partial charge is 0.251 e. The second-order valence-electron chi connectivity index (χ2n) is 6.01. The number of piperidine rings is 1. The molecule has 1 saturated heterocycles. The minimum Gasteiger partial charge on any atom is -0.389 e. The number of nitrogens with one attached hydrogen (secondary N) is 1. The van der Waals surface area contributed by atoms with E-state index in [9.17, 15) is 14.7 Å². The van der Waals surface area contributed by atoms with E-state index in [-0.39, 0.29) is 30.8 Å². The third-order valence-electron chi connectivity index (χ3n) is 4.25. The fraction of sp³-hybridized carbons (Fsp3) is 0.333. The zero-order valence-corrected chi connectivity index (χ0v) is 13.7. The normalized spacial score (nSPS) is 20.1. The van der Waals surface area contributed by atoms with Gasteiger partial charge in [0, 0.05) is 42.9 Å². The first kappa shape index (κ1) is 17.0. The van der Waals surface area contributed by atoms with Crippen LogP contribution in [0.4, 0.5) is 0 Å². The van der Waals surface area contributed by atoms with E-state index >= 15 is 0 Å². The van der Waals surface area contributed by atoms with Gasteiger partial charge in [0.1, 0.15) is 0 Å². The maximum absolute atomic E-state index is 12.3. The molecule has 7 nitrogen and oxygen atoms in total. The van der Waals surface area contributed by atoms with Crippen molar-refractivity contribution in [2.75, 3.05) is 13.1 Å². The number of aliphatic hydroxyl groups is 1. The van der Waals surface area contributed by atoms with Gasteiger partial charge in [-0.05, 0) is 30.7 Å². The fourth-order valence-corrected chi connectivity index (χ4v) is 2.85. The van der Waals surface area contributed by atoms with Crippen molar-refractivity contribution >= 4 is 11.8 Å². The lowest BCUT2D eigenvalue weighted by Crippen LogP contribution is -2.55. The Morgan fingerprint density at radius 3 is 2.68 bits per heavy atom. The molecule has 2 aromatic rings. The highest BCUT2D eigenvalue weighted by atomic mass is 16.3. The number of carbonyl (C=O) groups excluding carboxylic acids is 2. The number of nitrogens with zero attached hydrogens (tertiary/aromatic N) is 3. The Kier molecular flexibility index (Phi) is 5.35. The molecule has 3 rings (SSSR count). The molecule has 0 spiro atoms. The minimum atomic E-state index is -0.799. The van der Waals surface area contributed by atoms with E-state index in [0.29, 0.717) is 24.2 Å². The maximum Gasteiger partial charge on any atom is 0.251 e. The average molecular weight is 340 g/mol. The van der Waals surface area contributed by atoms with Gasteiger partial charge in [0.05, 0.1) is 18.6 Å². The number of β-amino-alcohol motifs (C(OH)–C–C–N with tert-alkyl or cyclic N) is 1. The molecular weight excluding hydrogens is 320 g/mol. The van der Waals surface area contributed by atoms with Gasteiger partial charge in [-0.2, -0.15) is 0 Å². The Balaban J connectivity index is 1.53. The number of likely N-dealkylation sites (tertiary alicyclic amines) is 1. The quantitative estimate of drug-likeness (QED) is 0.841. The highest BCUT2D eigenvalue weighted by Gasteiger charge is 2.31. The molecule has 1 fully saturated rings. The van der Waals surface area contributed by atoms with Crippen LogP contribution in [0.5, 0.6) is 0 Å². The monoisotopic (exact) mass is 340 g/mol. The first-order valence-electron chi connectivity index (χ1n) is 8.20. The molecule has 1 aliphatic heterocycles. The Morgan fingerprint density at radius 2 is 2.00 bits per heavy atom. The number of rotatable bonds is 4. The van der Waals surface area contributed by atoms with E-state index in [0.717, 1.165) is 0 Å². The molecule has 130 valence electrons. The van der Waals surface area contributed by atoms with Crippen molar-refractivity contribution in [2.24, 2.45) is 0 Å². The number of pyridine rings is 2. The molecule has 1 aliphatic rings. The van der Waals surface area contributed by atoms with Crippen molar-refractivity contribution in [1.29, 1.82) is 0 Å². The molecule has 0 saturated carbocycles. The van der Waals surface area contributed by atoms with Crippen molar-refractivity contribution in [3.8, 4) is 0 Å². The van der Waals surface area contributed by atoms with Crippen LogP contribution in [0.25, 0.3) is 0 Å². The van der Waals surface area contributed by atoms with Gasteiger partial charge in [0.25, 0.3) is 5.91 Å². The van der Waals surface area contributed by atoms with Crippen molar-refractivity contribution in [1.82, 2.24) is 20.2 Å². The van der Waals surface area contributed by atoms with Gasteiger partial charge in [-0.3, -0.25) is 19.6 Å². The molecule has 0 radical (unpaired) electrons. The summed E-state index contributed by atoms with van der Waals surface area (Å²) in [5.74, 6) is -0.323. The number of aromatic nitrogens is 2. The number of carbonyl (C=O) groups is 2. The summed E-state index contributed by atoms with van der Waals surface area (Å²) in [5, 5.41) is 13.1.